The van der Waals surface area contributed by atoms with Gasteiger partial charge in [-0.05, 0) is 86.7 Å². The van der Waals surface area contributed by atoms with Gasteiger partial charge in [0.05, 0.1) is 7.11 Å². The molecule has 29 heavy (non-hydrogen) atoms. The molecule has 0 unspecified atom stereocenters. The van der Waals surface area contributed by atoms with Crippen molar-refractivity contribution in [1.82, 2.24) is 15.3 Å². The summed E-state index contributed by atoms with van der Waals surface area (Å²) in [4.78, 5) is 10.9. The summed E-state index contributed by atoms with van der Waals surface area (Å²) in [6.07, 6.45) is 9.76. The lowest BCUT2D eigenvalue weighted by molar-refractivity contribution is 0.221. The lowest BCUT2D eigenvalue weighted by Crippen LogP contribution is -2.33. The highest BCUT2D eigenvalue weighted by Gasteiger charge is 2.48. The fourth-order valence-electron chi connectivity index (χ4n) is 4.85. The number of nitrogens with one attached hydrogen (secondary N) is 1. The molecule has 4 rings (SSSR count). The van der Waals surface area contributed by atoms with E-state index in [-0.39, 0.29) is 0 Å². The van der Waals surface area contributed by atoms with Crippen LogP contribution in [-0.2, 0) is 6.54 Å². The molecule has 1 aliphatic heterocycles. The zero-order valence-electron chi connectivity index (χ0n) is 17.4. The zero-order chi connectivity index (χ0) is 20.1. The maximum atomic E-state index is 5.86. The van der Waals surface area contributed by atoms with Crippen LogP contribution < -0.4 is 20.7 Å². The van der Waals surface area contributed by atoms with Crippen molar-refractivity contribution in [1.29, 1.82) is 0 Å². The number of hydrogen-bond acceptors (Lipinski definition) is 6. The first-order chi connectivity index (χ1) is 14.2. The molecule has 6 nitrogen and oxygen atoms in total. The molecule has 1 saturated heterocycles. The second-order valence-electron chi connectivity index (χ2n) is 8.53. The van der Waals surface area contributed by atoms with Crippen molar-refractivity contribution in [2.24, 2.45) is 11.3 Å². The topological polar surface area (TPSA) is 76.3 Å². The largest absolute Gasteiger partial charge is 0.497 e. The number of aromatic nitrogens is 2. The van der Waals surface area contributed by atoms with E-state index in [0.717, 1.165) is 30.6 Å². The van der Waals surface area contributed by atoms with Crippen LogP contribution in [-0.4, -0.2) is 36.7 Å². The van der Waals surface area contributed by atoms with E-state index in [1.165, 1.54) is 57.2 Å². The van der Waals surface area contributed by atoms with Crippen molar-refractivity contribution >= 4 is 11.8 Å². The average Bonchev–Trinajstić information content (AvgIpc) is 3.55. The van der Waals surface area contributed by atoms with Crippen LogP contribution in [0.1, 0.15) is 44.1 Å². The summed E-state index contributed by atoms with van der Waals surface area (Å²) in [6, 6.07) is 10.2. The van der Waals surface area contributed by atoms with Crippen LogP contribution in [0, 0.1) is 11.3 Å². The smallest absolute Gasteiger partial charge is 0.221 e. The van der Waals surface area contributed by atoms with Crippen molar-refractivity contribution in [2.75, 3.05) is 37.4 Å². The molecule has 6 heteroatoms. The van der Waals surface area contributed by atoms with Gasteiger partial charge in [-0.3, -0.25) is 0 Å². The molecule has 0 bridgehead atoms. The molecule has 0 atom stereocenters. The number of nitrogens with zero attached hydrogens (tertiary/aromatic N) is 3. The third-order valence-corrected chi connectivity index (χ3v) is 6.72. The lowest BCUT2D eigenvalue weighted by Gasteiger charge is -2.32. The van der Waals surface area contributed by atoms with Crippen LogP contribution in [0.15, 0.2) is 36.5 Å². The minimum Gasteiger partial charge on any atom is -0.497 e. The van der Waals surface area contributed by atoms with Crippen molar-refractivity contribution < 1.29 is 4.74 Å². The van der Waals surface area contributed by atoms with E-state index in [4.69, 9.17) is 10.5 Å². The fraction of sp³-hybridized carbons (Fsp3) is 0.565. The number of anilines is 2. The second kappa shape index (κ2) is 8.99. The maximum Gasteiger partial charge on any atom is 0.221 e. The lowest BCUT2D eigenvalue weighted by atomic mass is 9.79. The van der Waals surface area contributed by atoms with Crippen molar-refractivity contribution in [2.45, 2.75) is 45.1 Å². The Morgan fingerprint density at radius 3 is 2.59 bits per heavy atom. The first kappa shape index (κ1) is 20.0. The Morgan fingerprint density at radius 1 is 1.17 bits per heavy atom. The molecule has 0 spiro atoms. The van der Waals surface area contributed by atoms with Gasteiger partial charge in [-0.2, -0.15) is 4.98 Å². The molecule has 0 radical (unpaired) electrons. The maximum absolute atomic E-state index is 5.86. The quantitative estimate of drug-likeness (QED) is 0.675. The number of ether oxygens (including phenoxy) is 1. The number of benzene rings is 1. The number of nitrogens with two attached hydrogens (primary N) is 1. The summed E-state index contributed by atoms with van der Waals surface area (Å²) in [5, 5.41) is 3.51. The third-order valence-electron chi connectivity index (χ3n) is 6.72. The number of rotatable bonds is 9. The van der Waals surface area contributed by atoms with E-state index in [9.17, 15) is 0 Å². The zero-order valence-corrected chi connectivity index (χ0v) is 17.4. The van der Waals surface area contributed by atoms with Crippen LogP contribution in [0.25, 0.3) is 0 Å². The monoisotopic (exact) mass is 395 g/mol. The van der Waals surface area contributed by atoms with Crippen LogP contribution in [0.4, 0.5) is 11.8 Å². The molecule has 1 aromatic heterocycles. The van der Waals surface area contributed by atoms with Crippen molar-refractivity contribution in [3.63, 3.8) is 0 Å². The van der Waals surface area contributed by atoms with Crippen LogP contribution >= 0.6 is 0 Å². The van der Waals surface area contributed by atoms with Gasteiger partial charge in [0.1, 0.15) is 11.6 Å². The molecule has 0 amide bonds. The molecule has 2 heterocycles. The Hall–Kier alpha value is -2.34. The molecule has 2 aliphatic rings. The van der Waals surface area contributed by atoms with E-state index in [2.05, 4.69) is 32.3 Å². The summed E-state index contributed by atoms with van der Waals surface area (Å²) >= 11 is 0. The minimum atomic E-state index is 0.329. The summed E-state index contributed by atoms with van der Waals surface area (Å²) in [7, 11) is 1.70. The van der Waals surface area contributed by atoms with Crippen LogP contribution in [0.2, 0.25) is 0 Å². The van der Waals surface area contributed by atoms with E-state index < -0.39 is 0 Å². The molecule has 1 saturated carbocycles. The summed E-state index contributed by atoms with van der Waals surface area (Å²) in [6.45, 7) is 4.17. The van der Waals surface area contributed by atoms with E-state index in [1.54, 1.807) is 13.3 Å². The molecular weight excluding hydrogens is 362 g/mol. The van der Waals surface area contributed by atoms with Gasteiger partial charge in [0.2, 0.25) is 5.95 Å². The predicted octanol–water partition coefficient (Wildman–Crippen LogP) is 3.63. The van der Waals surface area contributed by atoms with Crippen molar-refractivity contribution in [3.8, 4) is 5.75 Å². The molecule has 1 aromatic carbocycles. The van der Waals surface area contributed by atoms with E-state index in [0.29, 0.717) is 11.4 Å². The normalized spacial score (nSPS) is 18.4. The Kier molecular flexibility index (Phi) is 6.19. The van der Waals surface area contributed by atoms with E-state index >= 15 is 0 Å². The molecule has 3 N–H and O–H groups in total. The highest BCUT2D eigenvalue weighted by molar-refractivity contribution is 5.42. The third kappa shape index (κ3) is 4.99. The molecular formula is C23H33N5O. The first-order valence-corrected chi connectivity index (χ1v) is 10.9. The Labute approximate surface area is 173 Å². The van der Waals surface area contributed by atoms with Crippen LogP contribution in [0.5, 0.6) is 5.75 Å². The van der Waals surface area contributed by atoms with Crippen molar-refractivity contribution in [3.05, 3.63) is 42.1 Å². The fourth-order valence-corrected chi connectivity index (χ4v) is 4.85. The molecule has 156 valence electrons. The van der Waals surface area contributed by atoms with Gasteiger partial charge in [-0.15, -0.1) is 0 Å². The minimum absolute atomic E-state index is 0.329. The number of hydrogen-bond donors (Lipinski definition) is 2. The van der Waals surface area contributed by atoms with Gasteiger partial charge in [-0.1, -0.05) is 12.1 Å². The van der Waals surface area contributed by atoms with Gasteiger partial charge in [0.25, 0.3) is 0 Å². The molecule has 1 aliphatic carbocycles. The second-order valence-corrected chi connectivity index (χ2v) is 8.53. The van der Waals surface area contributed by atoms with Gasteiger partial charge in [0.15, 0.2) is 0 Å². The first-order valence-electron chi connectivity index (χ1n) is 10.9. The highest BCUT2D eigenvalue weighted by Crippen LogP contribution is 2.58. The van der Waals surface area contributed by atoms with E-state index in [1.807, 2.05) is 18.2 Å². The van der Waals surface area contributed by atoms with Gasteiger partial charge < -0.3 is 20.7 Å². The summed E-state index contributed by atoms with van der Waals surface area (Å²) < 4.78 is 5.29. The van der Waals surface area contributed by atoms with Gasteiger partial charge in [0, 0.05) is 19.3 Å². The number of nitrogen functional groups attached to an aromatic ring is 1. The highest BCUT2D eigenvalue weighted by atomic mass is 16.5. The van der Waals surface area contributed by atoms with Gasteiger partial charge in [-0.25, -0.2) is 4.98 Å². The number of methoxy groups -OCH3 is 1. The SMILES string of the molecule is COc1ccc(CN(CCCC2(C3CCNCC3)CC2)c2ccnc(N)n2)cc1. The summed E-state index contributed by atoms with van der Waals surface area (Å²) in [5.74, 6) is 3.02. The van der Waals surface area contributed by atoms with Gasteiger partial charge >= 0.3 is 0 Å². The van der Waals surface area contributed by atoms with Crippen LogP contribution in [0.3, 0.4) is 0 Å². The standard InChI is InChI=1S/C23H33N5O/c1-29-20-5-3-18(4-6-20)17-28(21-9-15-26-22(24)27-21)16-2-10-23(11-12-23)19-7-13-25-14-8-19/h3-6,9,15,19,25H,2,7-8,10-14,16-17H2,1H3,(H2,24,26,27). The Morgan fingerprint density at radius 2 is 1.93 bits per heavy atom. The Balaban J connectivity index is 1.41. The number of piperidine rings is 1. The molecule has 2 aromatic rings. The summed E-state index contributed by atoms with van der Waals surface area (Å²) in [5.41, 5.74) is 7.71. The Bertz CT molecular complexity index is 784. The predicted molar refractivity (Wildman–Crippen MR) is 117 cm³/mol. The molecule has 2 fully saturated rings. The average molecular weight is 396 g/mol.